The average molecular weight is 335 g/mol. The Bertz CT molecular complexity index is 976. The van der Waals surface area contributed by atoms with Crippen LogP contribution in [0.5, 0.6) is 0 Å². The molecule has 2 N–H and O–H groups in total. The maximum atomic E-state index is 12.1. The van der Waals surface area contributed by atoms with Crippen LogP contribution in [-0.2, 0) is 17.8 Å². The minimum atomic E-state index is -0.236. The molecule has 1 amide bonds. The van der Waals surface area contributed by atoms with Gasteiger partial charge < -0.3 is 10.3 Å². The van der Waals surface area contributed by atoms with Crippen molar-refractivity contribution < 1.29 is 4.79 Å². The van der Waals surface area contributed by atoms with Crippen LogP contribution >= 0.6 is 0 Å². The highest BCUT2D eigenvalue weighted by molar-refractivity contribution is 5.76. The number of hydrogen-bond donors (Lipinski definition) is 2. The predicted octanol–water partition coefficient (Wildman–Crippen LogP) is 2.79. The average Bonchev–Trinajstić information content (AvgIpc) is 2.61. The number of rotatable bonds is 5. The van der Waals surface area contributed by atoms with Crippen LogP contribution in [0.4, 0.5) is 0 Å². The van der Waals surface area contributed by atoms with Gasteiger partial charge in [-0.1, -0.05) is 30.3 Å². The van der Waals surface area contributed by atoms with E-state index < -0.39 is 0 Å². The Morgan fingerprint density at radius 2 is 1.92 bits per heavy atom. The molecule has 128 valence electrons. The van der Waals surface area contributed by atoms with Crippen molar-refractivity contribution in [2.75, 3.05) is 0 Å². The topological polar surface area (TPSA) is 74.8 Å². The van der Waals surface area contributed by atoms with E-state index in [0.29, 0.717) is 24.2 Å². The van der Waals surface area contributed by atoms with Crippen LogP contribution in [0.3, 0.4) is 0 Å². The van der Waals surface area contributed by atoms with E-state index in [2.05, 4.69) is 41.3 Å². The van der Waals surface area contributed by atoms with E-state index in [1.54, 1.807) is 0 Å². The zero-order valence-electron chi connectivity index (χ0n) is 14.4. The molecule has 0 unspecified atom stereocenters. The molecule has 0 fully saturated rings. The third kappa shape index (κ3) is 4.12. The van der Waals surface area contributed by atoms with Crippen molar-refractivity contribution in [2.24, 2.45) is 0 Å². The first kappa shape index (κ1) is 16.9. The molecule has 0 radical (unpaired) electrons. The van der Waals surface area contributed by atoms with Crippen LogP contribution in [0, 0.1) is 13.8 Å². The maximum absolute atomic E-state index is 12.1. The van der Waals surface area contributed by atoms with Gasteiger partial charge in [-0.2, -0.15) is 0 Å². The Labute approximate surface area is 146 Å². The van der Waals surface area contributed by atoms with Gasteiger partial charge in [-0.25, -0.2) is 4.98 Å². The Morgan fingerprint density at radius 3 is 2.72 bits per heavy atom. The van der Waals surface area contributed by atoms with Crippen LogP contribution in [-0.4, -0.2) is 15.9 Å². The van der Waals surface area contributed by atoms with E-state index in [1.165, 1.54) is 11.1 Å². The molecule has 0 aliphatic rings. The van der Waals surface area contributed by atoms with Crippen molar-refractivity contribution in [3.63, 3.8) is 0 Å². The maximum Gasteiger partial charge on any atom is 0.270 e. The normalized spacial score (nSPS) is 10.8. The first-order chi connectivity index (χ1) is 12.0. The standard InChI is InChI=1S/C20H21N3O2/c1-13-7-8-15(11-14(13)2)12-21-19(24)10-9-18-20(25)23-17-6-4-3-5-16(17)22-18/h3-8,11H,9-10,12H2,1-2H3,(H,21,24)(H,23,25). The van der Waals surface area contributed by atoms with Gasteiger partial charge in [0.25, 0.3) is 5.56 Å². The number of para-hydroxylation sites is 2. The molecule has 0 saturated heterocycles. The van der Waals surface area contributed by atoms with Crippen LogP contribution < -0.4 is 10.9 Å². The zero-order valence-corrected chi connectivity index (χ0v) is 14.4. The van der Waals surface area contributed by atoms with Gasteiger partial charge in [0.05, 0.1) is 11.0 Å². The van der Waals surface area contributed by atoms with Crippen molar-refractivity contribution in [3.8, 4) is 0 Å². The number of nitrogens with one attached hydrogen (secondary N) is 2. The van der Waals surface area contributed by atoms with Crippen LogP contribution in [0.1, 0.15) is 28.8 Å². The molecule has 3 rings (SSSR count). The summed E-state index contributed by atoms with van der Waals surface area (Å²) in [5, 5.41) is 2.89. The first-order valence-corrected chi connectivity index (χ1v) is 8.34. The SMILES string of the molecule is Cc1ccc(CNC(=O)CCc2nc3ccccc3[nH]c2=O)cc1C. The molecule has 5 heteroatoms. The lowest BCUT2D eigenvalue weighted by atomic mass is 10.1. The Balaban J connectivity index is 1.59. The molecule has 1 aromatic heterocycles. The van der Waals surface area contributed by atoms with E-state index in [0.717, 1.165) is 11.1 Å². The van der Waals surface area contributed by atoms with E-state index in [4.69, 9.17) is 0 Å². The molecule has 0 bridgehead atoms. The van der Waals surface area contributed by atoms with Gasteiger partial charge in [-0.15, -0.1) is 0 Å². The van der Waals surface area contributed by atoms with Crippen LogP contribution in [0.25, 0.3) is 11.0 Å². The summed E-state index contributed by atoms with van der Waals surface area (Å²) >= 11 is 0. The summed E-state index contributed by atoms with van der Waals surface area (Å²) in [6.45, 7) is 4.60. The molecule has 2 aromatic carbocycles. The van der Waals surface area contributed by atoms with E-state index in [-0.39, 0.29) is 17.9 Å². The second-order valence-electron chi connectivity index (χ2n) is 6.23. The smallest absolute Gasteiger partial charge is 0.270 e. The molecule has 0 saturated carbocycles. The number of nitrogens with zero attached hydrogens (tertiary/aromatic N) is 1. The van der Waals surface area contributed by atoms with Gasteiger partial charge in [-0.3, -0.25) is 9.59 Å². The van der Waals surface area contributed by atoms with Gasteiger partial charge in [0, 0.05) is 19.4 Å². The second-order valence-corrected chi connectivity index (χ2v) is 6.23. The molecule has 3 aromatic rings. The summed E-state index contributed by atoms with van der Waals surface area (Å²) in [5.41, 5.74) is 5.09. The van der Waals surface area contributed by atoms with Crippen molar-refractivity contribution in [2.45, 2.75) is 33.2 Å². The number of carbonyl (C=O) groups excluding carboxylic acids is 1. The number of benzene rings is 2. The molecule has 0 aliphatic carbocycles. The summed E-state index contributed by atoms with van der Waals surface area (Å²) in [4.78, 5) is 31.3. The third-order valence-electron chi connectivity index (χ3n) is 4.32. The minimum Gasteiger partial charge on any atom is -0.352 e. The fourth-order valence-corrected chi connectivity index (χ4v) is 2.67. The van der Waals surface area contributed by atoms with E-state index in [1.807, 2.05) is 30.3 Å². The summed E-state index contributed by atoms with van der Waals surface area (Å²) in [5.74, 6) is -0.0902. The largest absolute Gasteiger partial charge is 0.352 e. The number of aryl methyl sites for hydroxylation is 3. The van der Waals surface area contributed by atoms with Gasteiger partial charge in [0.15, 0.2) is 0 Å². The third-order valence-corrected chi connectivity index (χ3v) is 4.32. The highest BCUT2D eigenvalue weighted by Gasteiger charge is 2.08. The lowest BCUT2D eigenvalue weighted by molar-refractivity contribution is -0.121. The number of H-pyrrole nitrogens is 1. The Kier molecular flexibility index (Phi) is 4.93. The van der Waals surface area contributed by atoms with Crippen LogP contribution in [0.15, 0.2) is 47.3 Å². The number of amides is 1. The highest BCUT2D eigenvalue weighted by Crippen LogP contribution is 2.10. The minimum absolute atomic E-state index is 0.0902. The predicted molar refractivity (Wildman–Crippen MR) is 98.4 cm³/mol. The molecular formula is C20H21N3O2. The summed E-state index contributed by atoms with van der Waals surface area (Å²) in [7, 11) is 0. The van der Waals surface area contributed by atoms with Crippen LogP contribution in [0.2, 0.25) is 0 Å². The molecule has 1 heterocycles. The van der Waals surface area contributed by atoms with Crippen molar-refractivity contribution in [1.82, 2.24) is 15.3 Å². The zero-order chi connectivity index (χ0) is 17.8. The van der Waals surface area contributed by atoms with E-state index >= 15 is 0 Å². The summed E-state index contributed by atoms with van der Waals surface area (Å²) in [6, 6.07) is 13.5. The number of aromatic amines is 1. The Morgan fingerprint density at radius 1 is 1.12 bits per heavy atom. The summed E-state index contributed by atoms with van der Waals surface area (Å²) in [6.07, 6.45) is 0.554. The molecule has 5 nitrogen and oxygen atoms in total. The molecular weight excluding hydrogens is 314 g/mol. The molecule has 0 spiro atoms. The second kappa shape index (κ2) is 7.30. The lowest BCUT2D eigenvalue weighted by Gasteiger charge is -2.07. The molecule has 0 aliphatic heterocycles. The number of hydrogen-bond acceptors (Lipinski definition) is 3. The van der Waals surface area contributed by atoms with Gasteiger partial charge in [-0.05, 0) is 42.7 Å². The fraction of sp³-hybridized carbons (Fsp3) is 0.250. The summed E-state index contributed by atoms with van der Waals surface area (Å²) < 4.78 is 0. The Hall–Kier alpha value is -2.95. The van der Waals surface area contributed by atoms with Gasteiger partial charge in [0.2, 0.25) is 5.91 Å². The fourth-order valence-electron chi connectivity index (χ4n) is 2.67. The van der Waals surface area contributed by atoms with Gasteiger partial charge >= 0.3 is 0 Å². The quantitative estimate of drug-likeness (QED) is 0.753. The van der Waals surface area contributed by atoms with Crippen molar-refractivity contribution in [3.05, 3.63) is 75.2 Å². The van der Waals surface area contributed by atoms with Gasteiger partial charge in [0.1, 0.15) is 5.69 Å². The first-order valence-electron chi connectivity index (χ1n) is 8.34. The number of carbonyl (C=O) groups is 1. The molecule has 25 heavy (non-hydrogen) atoms. The number of fused-ring (bicyclic) bond motifs is 1. The number of aromatic nitrogens is 2. The lowest BCUT2D eigenvalue weighted by Crippen LogP contribution is -2.24. The van der Waals surface area contributed by atoms with Crippen molar-refractivity contribution >= 4 is 16.9 Å². The molecule has 0 atom stereocenters. The monoisotopic (exact) mass is 335 g/mol. The van der Waals surface area contributed by atoms with Crippen molar-refractivity contribution in [1.29, 1.82) is 0 Å². The highest BCUT2D eigenvalue weighted by atomic mass is 16.1. The van der Waals surface area contributed by atoms with E-state index in [9.17, 15) is 9.59 Å².